The van der Waals surface area contributed by atoms with Crippen molar-refractivity contribution < 1.29 is 14.2 Å². The van der Waals surface area contributed by atoms with Gasteiger partial charge in [-0.1, -0.05) is 30.3 Å². The maximum Gasteiger partial charge on any atom is 0.161 e. The summed E-state index contributed by atoms with van der Waals surface area (Å²) in [6, 6.07) is 22.6. The van der Waals surface area contributed by atoms with Gasteiger partial charge >= 0.3 is 0 Å². The zero-order valence-corrected chi connectivity index (χ0v) is 19.0. The predicted molar refractivity (Wildman–Crippen MR) is 128 cm³/mol. The van der Waals surface area contributed by atoms with Gasteiger partial charge in [0.1, 0.15) is 11.6 Å². The summed E-state index contributed by atoms with van der Waals surface area (Å²) in [5.41, 5.74) is 4.55. The summed E-state index contributed by atoms with van der Waals surface area (Å²) in [6.45, 7) is 3.69. The molecule has 0 amide bonds. The summed E-state index contributed by atoms with van der Waals surface area (Å²) in [7, 11) is 3.31. The molecule has 0 bridgehead atoms. The van der Waals surface area contributed by atoms with Gasteiger partial charge in [-0.2, -0.15) is 0 Å². The van der Waals surface area contributed by atoms with Crippen LogP contribution in [0.5, 0.6) is 17.2 Å². The number of fused-ring (bicyclic) bond motifs is 1. The molecule has 1 heterocycles. The van der Waals surface area contributed by atoms with Crippen LogP contribution < -0.4 is 14.2 Å². The Morgan fingerprint density at radius 3 is 2.50 bits per heavy atom. The number of benzene rings is 3. The first-order chi connectivity index (χ1) is 15.7. The number of unbranched alkanes of at least 4 members (excludes halogenated alkanes) is 1. The minimum atomic E-state index is 0.709. The molecule has 0 spiro atoms. The van der Waals surface area contributed by atoms with Crippen molar-refractivity contribution in [3.8, 4) is 17.2 Å². The molecular weight excluding hydrogens is 400 g/mol. The lowest BCUT2D eigenvalue weighted by Crippen LogP contribution is -2.07. The fourth-order valence-electron chi connectivity index (χ4n) is 3.95. The third kappa shape index (κ3) is 5.05. The van der Waals surface area contributed by atoms with E-state index in [2.05, 4.69) is 47.9 Å². The number of hydrogen-bond donors (Lipinski definition) is 0. The number of aryl methyl sites for hydroxylation is 2. The van der Waals surface area contributed by atoms with Crippen LogP contribution in [0.15, 0.2) is 66.7 Å². The van der Waals surface area contributed by atoms with Crippen LogP contribution in [-0.2, 0) is 13.0 Å². The highest BCUT2D eigenvalue weighted by atomic mass is 16.5. The van der Waals surface area contributed by atoms with Crippen LogP contribution in [-0.4, -0.2) is 30.4 Å². The van der Waals surface area contributed by atoms with E-state index in [1.807, 2.05) is 30.3 Å². The Morgan fingerprint density at radius 2 is 1.69 bits per heavy atom. The molecule has 3 aromatic carbocycles. The normalized spacial score (nSPS) is 11.0. The second kappa shape index (κ2) is 10.2. The minimum Gasteiger partial charge on any atom is -0.494 e. The van der Waals surface area contributed by atoms with E-state index in [1.165, 1.54) is 11.1 Å². The lowest BCUT2D eigenvalue weighted by atomic mass is 10.1. The van der Waals surface area contributed by atoms with Crippen LogP contribution in [0.4, 0.5) is 0 Å². The Bertz CT molecular complexity index is 1180. The van der Waals surface area contributed by atoms with Gasteiger partial charge in [0.15, 0.2) is 11.5 Å². The summed E-state index contributed by atoms with van der Waals surface area (Å²) in [4.78, 5) is 4.92. The van der Waals surface area contributed by atoms with Crippen molar-refractivity contribution in [1.29, 1.82) is 0 Å². The van der Waals surface area contributed by atoms with Gasteiger partial charge in [0.25, 0.3) is 0 Å². The van der Waals surface area contributed by atoms with Crippen molar-refractivity contribution in [1.82, 2.24) is 9.55 Å². The molecule has 5 heteroatoms. The van der Waals surface area contributed by atoms with Crippen LogP contribution in [0.2, 0.25) is 0 Å². The summed E-state index contributed by atoms with van der Waals surface area (Å²) in [5.74, 6) is 3.46. The molecule has 32 heavy (non-hydrogen) atoms. The van der Waals surface area contributed by atoms with Crippen LogP contribution in [0, 0.1) is 6.92 Å². The van der Waals surface area contributed by atoms with E-state index in [0.717, 1.165) is 60.0 Å². The molecule has 0 N–H and O–H groups in total. The van der Waals surface area contributed by atoms with Gasteiger partial charge in [-0.3, -0.25) is 0 Å². The molecule has 4 rings (SSSR count). The Labute approximate surface area is 189 Å². The monoisotopic (exact) mass is 430 g/mol. The SMILES string of the molecule is COc1ccc(Cc2nc3ccccc3n2CCCCOc2cccc(C)c2)cc1OC. The highest BCUT2D eigenvalue weighted by Crippen LogP contribution is 2.29. The van der Waals surface area contributed by atoms with Crippen LogP contribution in [0.1, 0.15) is 29.8 Å². The molecule has 4 aromatic rings. The van der Waals surface area contributed by atoms with E-state index in [4.69, 9.17) is 19.2 Å². The molecule has 0 aliphatic rings. The number of para-hydroxylation sites is 2. The number of rotatable bonds is 10. The van der Waals surface area contributed by atoms with Crippen LogP contribution in [0.25, 0.3) is 11.0 Å². The van der Waals surface area contributed by atoms with E-state index < -0.39 is 0 Å². The Balaban J connectivity index is 1.45. The average Bonchev–Trinajstić information content (AvgIpc) is 3.15. The molecule has 0 aliphatic heterocycles. The molecular formula is C27H30N2O3. The molecule has 166 valence electrons. The highest BCUT2D eigenvalue weighted by Gasteiger charge is 2.13. The summed E-state index contributed by atoms with van der Waals surface area (Å²) >= 11 is 0. The minimum absolute atomic E-state index is 0.709. The van der Waals surface area contributed by atoms with Crippen molar-refractivity contribution in [3.63, 3.8) is 0 Å². The fourth-order valence-corrected chi connectivity index (χ4v) is 3.95. The first-order valence-corrected chi connectivity index (χ1v) is 11.0. The summed E-state index contributed by atoms with van der Waals surface area (Å²) in [5, 5.41) is 0. The molecule has 0 aliphatic carbocycles. The van der Waals surface area contributed by atoms with Crippen molar-refractivity contribution in [2.24, 2.45) is 0 Å². The average molecular weight is 431 g/mol. The van der Waals surface area contributed by atoms with Gasteiger partial charge in [0.2, 0.25) is 0 Å². The smallest absolute Gasteiger partial charge is 0.161 e. The largest absolute Gasteiger partial charge is 0.494 e. The predicted octanol–water partition coefficient (Wildman–Crippen LogP) is 5.81. The van der Waals surface area contributed by atoms with Gasteiger partial charge in [-0.25, -0.2) is 4.98 Å². The number of nitrogens with zero attached hydrogens (tertiary/aromatic N) is 2. The summed E-state index contributed by atoms with van der Waals surface area (Å²) in [6.07, 6.45) is 2.73. The van der Waals surface area contributed by atoms with Crippen molar-refractivity contribution in [2.75, 3.05) is 20.8 Å². The van der Waals surface area contributed by atoms with Gasteiger partial charge in [-0.15, -0.1) is 0 Å². The van der Waals surface area contributed by atoms with E-state index >= 15 is 0 Å². The van der Waals surface area contributed by atoms with E-state index in [-0.39, 0.29) is 0 Å². The number of methoxy groups -OCH3 is 2. The second-order valence-electron chi connectivity index (χ2n) is 7.91. The molecule has 0 unspecified atom stereocenters. The Morgan fingerprint density at radius 1 is 0.844 bits per heavy atom. The zero-order valence-electron chi connectivity index (χ0n) is 19.0. The third-order valence-corrected chi connectivity index (χ3v) is 5.58. The van der Waals surface area contributed by atoms with Gasteiger partial charge in [-0.05, 0) is 67.3 Å². The lowest BCUT2D eigenvalue weighted by molar-refractivity contribution is 0.303. The van der Waals surface area contributed by atoms with E-state index in [0.29, 0.717) is 6.61 Å². The quantitative estimate of drug-likeness (QED) is 0.298. The molecule has 5 nitrogen and oxygen atoms in total. The van der Waals surface area contributed by atoms with Gasteiger partial charge in [0, 0.05) is 13.0 Å². The summed E-state index contributed by atoms with van der Waals surface area (Å²) < 4.78 is 19.1. The molecule has 0 fully saturated rings. The van der Waals surface area contributed by atoms with Gasteiger partial charge < -0.3 is 18.8 Å². The topological polar surface area (TPSA) is 45.5 Å². The van der Waals surface area contributed by atoms with Crippen molar-refractivity contribution in [3.05, 3.63) is 83.7 Å². The number of ether oxygens (including phenoxy) is 3. The molecule has 0 radical (unpaired) electrons. The molecule has 1 aromatic heterocycles. The lowest BCUT2D eigenvalue weighted by Gasteiger charge is -2.12. The van der Waals surface area contributed by atoms with Crippen LogP contribution >= 0.6 is 0 Å². The highest BCUT2D eigenvalue weighted by molar-refractivity contribution is 5.76. The third-order valence-electron chi connectivity index (χ3n) is 5.58. The Hall–Kier alpha value is -3.47. The molecule has 0 atom stereocenters. The first kappa shape index (κ1) is 21.8. The van der Waals surface area contributed by atoms with E-state index in [9.17, 15) is 0 Å². The van der Waals surface area contributed by atoms with Crippen LogP contribution in [0.3, 0.4) is 0 Å². The van der Waals surface area contributed by atoms with Crippen molar-refractivity contribution in [2.45, 2.75) is 32.7 Å². The number of aromatic nitrogens is 2. The standard InChI is InChI=1S/C27H30N2O3/c1-20-9-8-10-22(17-20)32-16-7-6-15-29-24-12-5-4-11-23(24)28-27(29)19-21-13-14-25(30-2)26(18-21)31-3/h4-5,8-14,17-18H,6-7,15-16,19H2,1-3H3. The van der Waals surface area contributed by atoms with Crippen molar-refractivity contribution >= 4 is 11.0 Å². The first-order valence-electron chi connectivity index (χ1n) is 11.0. The second-order valence-corrected chi connectivity index (χ2v) is 7.91. The molecule has 0 saturated heterocycles. The molecule has 0 saturated carbocycles. The number of hydrogen-bond acceptors (Lipinski definition) is 4. The zero-order chi connectivity index (χ0) is 22.3. The fraction of sp³-hybridized carbons (Fsp3) is 0.296. The maximum atomic E-state index is 5.92. The number of imidazole rings is 1. The van der Waals surface area contributed by atoms with E-state index in [1.54, 1.807) is 14.2 Å². The maximum absolute atomic E-state index is 5.92. The Kier molecular flexibility index (Phi) is 6.95. The van der Waals surface area contributed by atoms with Gasteiger partial charge in [0.05, 0.1) is 31.9 Å².